The third kappa shape index (κ3) is 4.37. The predicted molar refractivity (Wildman–Crippen MR) is 74.2 cm³/mol. The zero-order valence-corrected chi connectivity index (χ0v) is 10.9. The summed E-state index contributed by atoms with van der Waals surface area (Å²) >= 11 is 0. The van der Waals surface area contributed by atoms with Crippen molar-refractivity contribution in [1.82, 2.24) is 15.3 Å². The first-order valence-electron chi connectivity index (χ1n) is 6.60. The molecule has 0 amide bonds. The van der Waals surface area contributed by atoms with E-state index in [0.29, 0.717) is 0 Å². The molecular formula is C14H19N3O2. The first-order valence-corrected chi connectivity index (χ1v) is 6.60. The summed E-state index contributed by atoms with van der Waals surface area (Å²) in [5.74, 6) is -0.715. The Balaban J connectivity index is 1.64. The van der Waals surface area contributed by atoms with E-state index in [1.165, 1.54) is 5.56 Å². The van der Waals surface area contributed by atoms with Crippen molar-refractivity contribution in [3.63, 3.8) is 0 Å². The van der Waals surface area contributed by atoms with Gasteiger partial charge in [0.25, 0.3) is 0 Å². The van der Waals surface area contributed by atoms with Crippen molar-refractivity contribution in [2.45, 2.75) is 25.7 Å². The van der Waals surface area contributed by atoms with E-state index in [1.807, 2.05) is 6.07 Å². The molecule has 2 aromatic rings. The van der Waals surface area contributed by atoms with E-state index in [1.54, 1.807) is 6.33 Å². The van der Waals surface area contributed by atoms with Crippen LogP contribution in [0.5, 0.6) is 0 Å². The van der Waals surface area contributed by atoms with Crippen LogP contribution < -0.4 is 5.32 Å². The number of fused-ring (bicyclic) bond motifs is 1. The van der Waals surface area contributed by atoms with Crippen molar-refractivity contribution in [3.05, 3.63) is 30.1 Å². The first kappa shape index (κ1) is 13.5. The third-order valence-electron chi connectivity index (χ3n) is 3.07. The van der Waals surface area contributed by atoms with Crippen LogP contribution in [0.25, 0.3) is 11.0 Å². The fraction of sp³-hybridized carbons (Fsp3) is 0.429. The molecule has 1 aromatic carbocycles. The number of carbonyl (C=O) groups is 1. The molecule has 1 heterocycles. The van der Waals surface area contributed by atoms with Gasteiger partial charge in [-0.15, -0.1) is 0 Å². The van der Waals surface area contributed by atoms with Crippen molar-refractivity contribution >= 4 is 17.0 Å². The SMILES string of the molecule is O=C(O)CCCCNCCc1ccc2nc[nH]c2c1. The van der Waals surface area contributed by atoms with E-state index in [2.05, 4.69) is 27.4 Å². The number of hydrogen-bond donors (Lipinski definition) is 3. The Hall–Kier alpha value is -1.88. The highest BCUT2D eigenvalue weighted by molar-refractivity contribution is 5.75. The molecule has 0 saturated heterocycles. The maximum atomic E-state index is 10.3. The molecule has 0 aliphatic rings. The summed E-state index contributed by atoms with van der Waals surface area (Å²) in [4.78, 5) is 17.6. The quantitative estimate of drug-likeness (QED) is 0.635. The molecule has 0 atom stereocenters. The fourth-order valence-electron chi connectivity index (χ4n) is 2.02. The van der Waals surface area contributed by atoms with Gasteiger partial charge in [-0.2, -0.15) is 0 Å². The van der Waals surface area contributed by atoms with E-state index >= 15 is 0 Å². The molecular weight excluding hydrogens is 242 g/mol. The van der Waals surface area contributed by atoms with Crippen LogP contribution in [0.1, 0.15) is 24.8 Å². The molecule has 0 saturated carbocycles. The Labute approximate surface area is 112 Å². The standard InChI is InChI=1S/C14H19N3O2/c18-14(19)3-1-2-7-15-8-6-11-4-5-12-13(9-11)17-10-16-12/h4-5,9-10,15H,1-3,6-8H2,(H,16,17)(H,18,19). The molecule has 2 rings (SSSR count). The van der Waals surface area contributed by atoms with Crippen LogP contribution in [0.4, 0.5) is 0 Å². The van der Waals surface area contributed by atoms with Crippen molar-refractivity contribution in [3.8, 4) is 0 Å². The van der Waals surface area contributed by atoms with Crippen molar-refractivity contribution < 1.29 is 9.90 Å². The summed E-state index contributed by atoms with van der Waals surface area (Å²) < 4.78 is 0. The number of imidazole rings is 1. The largest absolute Gasteiger partial charge is 0.481 e. The molecule has 5 heteroatoms. The number of unbranched alkanes of at least 4 members (excludes halogenated alkanes) is 1. The van der Waals surface area contributed by atoms with Gasteiger partial charge in [0, 0.05) is 6.42 Å². The number of hydrogen-bond acceptors (Lipinski definition) is 3. The molecule has 0 aliphatic carbocycles. The molecule has 0 fully saturated rings. The summed E-state index contributed by atoms with van der Waals surface area (Å²) in [5, 5.41) is 11.8. The van der Waals surface area contributed by atoms with E-state index in [0.717, 1.165) is 43.4 Å². The van der Waals surface area contributed by atoms with Gasteiger partial charge in [-0.05, 0) is 50.0 Å². The molecule has 1 aromatic heterocycles. The summed E-state index contributed by atoms with van der Waals surface area (Å²) in [6, 6.07) is 6.23. The molecule has 0 radical (unpaired) electrons. The van der Waals surface area contributed by atoms with Gasteiger partial charge in [0.05, 0.1) is 17.4 Å². The van der Waals surface area contributed by atoms with Gasteiger partial charge in [0.2, 0.25) is 0 Å². The zero-order chi connectivity index (χ0) is 13.5. The number of H-pyrrole nitrogens is 1. The van der Waals surface area contributed by atoms with E-state index < -0.39 is 5.97 Å². The zero-order valence-electron chi connectivity index (χ0n) is 10.9. The number of rotatable bonds is 8. The molecule has 5 nitrogen and oxygen atoms in total. The Bertz CT molecular complexity index is 536. The second-order valence-electron chi connectivity index (χ2n) is 4.60. The van der Waals surface area contributed by atoms with Gasteiger partial charge < -0.3 is 15.4 Å². The Morgan fingerprint density at radius 3 is 3.05 bits per heavy atom. The Morgan fingerprint density at radius 2 is 2.21 bits per heavy atom. The van der Waals surface area contributed by atoms with Gasteiger partial charge in [0.15, 0.2) is 0 Å². The van der Waals surface area contributed by atoms with E-state index in [-0.39, 0.29) is 6.42 Å². The van der Waals surface area contributed by atoms with Crippen LogP contribution in [0, 0.1) is 0 Å². The summed E-state index contributed by atoms with van der Waals surface area (Å²) in [6.45, 7) is 1.78. The predicted octanol–water partition coefficient (Wildman–Crippen LogP) is 1.95. The highest BCUT2D eigenvalue weighted by Crippen LogP contribution is 2.11. The highest BCUT2D eigenvalue weighted by Gasteiger charge is 1.99. The normalized spacial score (nSPS) is 10.9. The average molecular weight is 261 g/mol. The van der Waals surface area contributed by atoms with Gasteiger partial charge >= 0.3 is 5.97 Å². The number of aromatic nitrogens is 2. The molecule has 0 bridgehead atoms. The number of nitrogens with zero attached hydrogens (tertiary/aromatic N) is 1. The maximum Gasteiger partial charge on any atom is 0.303 e. The van der Waals surface area contributed by atoms with Gasteiger partial charge in [-0.1, -0.05) is 6.07 Å². The first-order chi connectivity index (χ1) is 9.25. The number of carboxylic acids is 1. The summed E-state index contributed by atoms with van der Waals surface area (Å²) in [6.07, 6.45) is 4.58. The number of nitrogens with one attached hydrogen (secondary N) is 2. The second-order valence-corrected chi connectivity index (χ2v) is 4.60. The number of benzene rings is 1. The number of aromatic amines is 1. The minimum atomic E-state index is -0.715. The lowest BCUT2D eigenvalue weighted by Gasteiger charge is -2.04. The number of carboxylic acid groups (broad SMARTS) is 1. The van der Waals surface area contributed by atoms with Crippen molar-refractivity contribution in [1.29, 1.82) is 0 Å². The van der Waals surface area contributed by atoms with Crippen molar-refractivity contribution in [2.24, 2.45) is 0 Å². The van der Waals surface area contributed by atoms with Crippen LogP contribution in [-0.4, -0.2) is 34.1 Å². The van der Waals surface area contributed by atoms with Crippen molar-refractivity contribution in [2.75, 3.05) is 13.1 Å². The third-order valence-corrected chi connectivity index (χ3v) is 3.07. The maximum absolute atomic E-state index is 10.3. The van der Waals surface area contributed by atoms with Crippen LogP contribution >= 0.6 is 0 Å². The van der Waals surface area contributed by atoms with Gasteiger partial charge in [0.1, 0.15) is 0 Å². The number of aliphatic carboxylic acids is 1. The summed E-state index contributed by atoms with van der Waals surface area (Å²) in [5.41, 5.74) is 3.33. The smallest absolute Gasteiger partial charge is 0.303 e. The lowest BCUT2D eigenvalue weighted by Crippen LogP contribution is -2.18. The topological polar surface area (TPSA) is 78.0 Å². The van der Waals surface area contributed by atoms with Crippen LogP contribution in [-0.2, 0) is 11.2 Å². The molecule has 102 valence electrons. The minimum absolute atomic E-state index is 0.262. The molecule has 0 unspecified atom stereocenters. The second kappa shape index (κ2) is 6.89. The van der Waals surface area contributed by atoms with Gasteiger partial charge in [-0.3, -0.25) is 4.79 Å². The minimum Gasteiger partial charge on any atom is -0.481 e. The molecule has 0 spiro atoms. The Kier molecular flexibility index (Phi) is 4.92. The van der Waals surface area contributed by atoms with Gasteiger partial charge in [-0.25, -0.2) is 4.98 Å². The van der Waals surface area contributed by atoms with Crippen LogP contribution in [0.3, 0.4) is 0 Å². The molecule has 19 heavy (non-hydrogen) atoms. The monoisotopic (exact) mass is 261 g/mol. The van der Waals surface area contributed by atoms with Crippen LogP contribution in [0.2, 0.25) is 0 Å². The lowest BCUT2D eigenvalue weighted by atomic mass is 10.1. The van der Waals surface area contributed by atoms with E-state index in [4.69, 9.17) is 5.11 Å². The Morgan fingerprint density at radius 1 is 1.32 bits per heavy atom. The van der Waals surface area contributed by atoms with E-state index in [9.17, 15) is 4.79 Å². The summed E-state index contributed by atoms with van der Waals surface area (Å²) in [7, 11) is 0. The molecule has 0 aliphatic heterocycles. The molecule has 3 N–H and O–H groups in total. The lowest BCUT2D eigenvalue weighted by molar-refractivity contribution is -0.137. The van der Waals surface area contributed by atoms with Crippen LogP contribution in [0.15, 0.2) is 24.5 Å². The fourth-order valence-corrected chi connectivity index (χ4v) is 2.02. The average Bonchev–Trinajstić information content (AvgIpc) is 2.84. The highest BCUT2D eigenvalue weighted by atomic mass is 16.4.